The molecule has 2 atom stereocenters. The second-order valence-corrected chi connectivity index (χ2v) is 9.31. The van der Waals surface area contributed by atoms with Gasteiger partial charge in [-0.1, -0.05) is 50.2 Å². The second-order valence-electron chi connectivity index (χ2n) is 9.31. The number of carbonyl (C=O) groups is 1. The van der Waals surface area contributed by atoms with E-state index in [9.17, 15) is 9.18 Å². The standard InChI is InChI=1S/C28H31FN2O2/c1-20-17-31(15-14-28(20,2)24-5-3-4-23(16-24)27(30)32)18-21-8-12-26(13-9-21)33-19-22-6-10-25(29)11-7-22/h3-13,16,20H,14-15,17-19H2,1-2H3,(H2,30,32)/t20-,28+/m0/s1. The lowest BCUT2D eigenvalue weighted by Crippen LogP contribution is -2.47. The molecule has 4 rings (SSSR count). The summed E-state index contributed by atoms with van der Waals surface area (Å²) in [5.41, 5.74) is 9.45. The quantitative estimate of drug-likeness (QED) is 0.536. The van der Waals surface area contributed by atoms with Crippen molar-refractivity contribution in [2.24, 2.45) is 11.7 Å². The SMILES string of the molecule is C[C@H]1CN(Cc2ccc(OCc3ccc(F)cc3)cc2)CC[C@@]1(C)c1cccc(C(N)=O)c1. The molecule has 3 aromatic rings. The normalized spacial score (nSPS) is 21.0. The first kappa shape index (κ1) is 23.0. The molecule has 1 saturated heterocycles. The van der Waals surface area contributed by atoms with Gasteiger partial charge in [0.2, 0.25) is 5.91 Å². The molecule has 1 aliphatic heterocycles. The zero-order valence-corrected chi connectivity index (χ0v) is 19.3. The van der Waals surface area contributed by atoms with Crippen LogP contribution in [0.1, 0.15) is 47.3 Å². The van der Waals surface area contributed by atoms with Gasteiger partial charge in [0.15, 0.2) is 0 Å². The topological polar surface area (TPSA) is 55.6 Å². The van der Waals surface area contributed by atoms with Gasteiger partial charge < -0.3 is 10.5 Å². The van der Waals surface area contributed by atoms with E-state index in [4.69, 9.17) is 10.5 Å². The molecule has 2 N–H and O–H groups in total. The highest BCUT2D eigenvalue weighted by Gasteiger charge is 2.38. The molecule has 3 aromatic carbocycles. The van der Waals surface area contributed by atoms with Crippen molar-refractivity contribution in [3.63, 3.8) is 0 Å². The number of piperidine rings is 1. The Hall–Kier alpha value is -3.18. The highest BCUT2D eigenvalue weighted by molar-refractivity contribution is 5.92. The van der Waals surface area contributed by atoms with Crippen LogP contribution in [-0.2, 0) is 18.6 Å². The molecule has 172 valence electrons. The van der Waals surface area contributed by atoms with Gasteiger partial charge in [0.1, 0.15) is 18.2 Å². The molecular formula is C28H31FN2O2. The van der Waals surface area contributed by atoms with Gasteiger partial charge in [-0.3, -0.25) is 9.69 Å². The van der Waals surface area contributed by atoms with Crippen LogP contribution in [0.2, 0.25) is 0 Å². The number of amides is 1. The Morgan fingerprint density at radius 1 is 1.09 bits per heavy atom. The van der Waals surface area contributed by atoms with Crippen LogP contribution in [0.3, 0.4) is 0 Å². The predicted molar refractivity (Wildman–Crippen MR) is 129 cm³/mol. The summed E-state index contributed by atoms with van der Waals surface area (Å²) < 4.78 is 18.9. The summed E-state index contributed by atoms with van der Waals surface area (Å²) in [5, 5.41) is 0. The number of ether oxygens (including phenoxy) is 1. The van der Waals surface area contributed by atoms with E-state index in [1.165, 1.54) is 23.3 Å². The Morgan fingerprint density at radius 3 is 2.45 bits per heavy atom. The summed E-state index contributed by atoms with van der Waals surface area (Å²) in [6, 6.07) is 22.3. The summed E-state index contributed by atoms with van der Waals surface area (Å²) in [7, 11) is 0. The number of carbonyl (C=O) groups excluding carboxylic acids is 1. The zero-order valence-electron chi connectivity index (χ0n) is 19.3. The van der Waals surface area contributed by atoms with Crippen molar-refractivity contribution in [2.75, 3.05) is 13.1 Å². The minimum absolute atomic E-state index is 0.0139. The van der Waals surface area contributed by atoms with Crippen LogP contribution in [0.15, 0.2) is 72.8 Å². The summed E-state index contributed by atoms with van der Waals surface area (Å²) >= 11 is 0. The van der Waals surface area contributed by atoms with Crippen molar-refractivity contribution in [3.8, 4) is 5.75 Å². The van der Waals surface area contributed by atoms with E-state index < -0.39 is 0 Å². The van der Waals surface area contributed by atoms with Crippen molar-refractivity contribution in [1.29, 1.82) is 0 Å². The van der Waals surface area contributed by atoms with Gasteiger partial charge in [0, 0.05) is 18.7 Å². The number of benzene rings is 3. The van der Waals surface area contributed by atoms with Gasteiger partial charge in [-0.05, 0) is 77.4 Å². The average Bonchev–Trinajstić information content (AvgIpc) is 2.82. The first-order chi connectivity index (χ1) is 15.8. The molecule has 1 amide bonds. The molecule has 0 spiro atoms. The largest absolute Gasteiger partial charge is 0.489 e. The fourth-order valence-electron chi connectivity index (χ4n) is 4.61. The maximum atomic E-state index is 13.0. The van der Waals surface area contributed by atoms with E-state index in [-0.39, 0.29) is 17.1 Å². The molecule has 33 heavy (non-hydrogen) atoms. The Bertz CT molecular complexity index is 1100. The molecule has 1 fully saturated rings. The molecule has 5 heteroatoms. The molecule has 0 bridgehead atoms. The molecule has 0 unspecified atom stereocenters. The van der Waals surface area contributed by atoms with Crippen LogP contribution in [-0.4, -0.2) is 23.9 Å². The zero-order chi connectivity index (χ0) is 23.4. The molecular weight excluding hydrogens is 415 g/mol. The Kier molecular flexibility index (Phi) is 6.80. The molecule has 0 saturated carbocycles. The lowest BCUT2D eigenvalue weighted by Gasteiger charge is -2.45. The van der Waals surface area contributed by atoms with Crippen LogP contribution < -0.4 is 10.5 Å². The summed E-state index contributed by atoms with van der Waals surface area (Å²) in [5.74, 6) is 0.620. The number of primary amides is 1. The third kappa shape index (κ3) is 5.42. The van der Waals surface area contributed by atoms with Crippen molar-refractivity contribution in [1.82, 2.24) is 4.90 Å². The van der Waals surface area contributed by atoms with Gasteiger partial charge in [0.05, 0.1) is 0 Å². The van der Waals surface area contributed by atoms with Crippen LogP contribution >= 0.6 is 0 Å². The summed E-state index contributed by atoms with van der Waals surface area (Å²) in [4.78, 5) is 14.1. The number of rotatable bonds is 7. The summed E-state index contributed by atoms with van der Waals surface area (Å²) in [6.07, 6.45) is 1.02. The van der Waals surface area contributed by atoms with Crippen molar-refractivity contribution in [3.05, 3.63) is 101 Å². The van der Waals surface area contributed by atoms with Crippen molar-refractivity contribution >= 4 is 5.91 Å². The molecule has 1 heterocycles. The number of hydrogen-bond donors (Lipinski definition) is 1. The van der Waals surface area contributed by atoms with Gasteiger partial charge in [-0.2, -0.15) is 0 Å². The van der Waals surface area contributed by atoms with Crippen molar-refractivity contribution in [2.45, 2.75) is 38.8 Å². The highest BCUT2D eigenvalue weighted by Crippen LogP contribution is 2.40. The maximum Gasteiger partial charge on any atom is 0.248 e. The van der Waals surface area contributed by atoms with Crippen LogP contribution in [0.4, 0.5) is 4.39 Å². The monoisotopic (exact) mass is 446 g/mol. The first-order valence-corrected chi connectivity index (χ1v) is 11.4. The fourth-order valence-corrected chi connectivity index (χ4v) is 4.61. The average molecular weight is 447 g/mol. The molecule has 0 radical (unpaired) electrons. The maximum absolute atomic E-state index is 13.0. The number of halogens is 1. The van der Waals surface area contributed by atoms with Crippen LogP contribution in [0, 0.1) is 11.7 Å². The Balaban J connectivity index is 1.34. The number of nitrogens with two attached hydrogens (primary N) is 1. The van der Waals surface area contributed by atoms with Gasteiger partial charge in [0.25, 0.3) is 0 Å². The Labute approximate surface area is 195 Å². The van der Waals surface area contributed by atoms with Gasteiger partial charge in [-0.25, -0.2) is 4.39 Å². The number of hydrogen-bond acceptors (Lipinski definition) is 3. The van der Waals surface area contributed by atoms with Crippen LogP contribution in [0.25, 0.3) is 0 Å². The molecule has 0 aromatic heterocycles. The Morgan fingerprint density at radius 2 is 1.79 bits per heavy atom. The fraction of sp³-hybridized carbons (Fsp3) is 0.321. The third-order valence-corrected chi connectivity index (χ3v) is 7.02. The van der Waals surface area contributed by atoms with E-state index in [2.05, 4.69) is 36.9 Å². The lowest BCUT2D eigenvalue weighted by molar-refractivity contribution is 0.0996. The molecule has 1 aliphatic rings. The minimum Gasteiger partial charge on any atom is -0.489 e. The van der Waals surface area contributed by atoms with Crippen molar-refractivity contribution < 1.29 is 13.9 Å². The predicted octanol–water partition coefficient (Wildman–Crippen LogP) is 5.30. The lowest BCUT2D eigenvalue weighted by atomic mass is 9.68. The smallest absolute Gasteiger partial charge is 0.248 e. The first-order valence-electron chi connectivity index (χ1n) is 11.4. The van der Waals surface area contributed by atoms with Gasteiger partial charge >= 0.3 is 0 Å². The highest BCUT2D eigenvalue weighted by atomic mass is 19.1. The third-order valence-electron chi connectivity index (χ3n) is 7.02. The van der Waals surface area contributed by atoms with E-state index >= 15 is 0 Å². The molecule has 0 aliphatic carbocycles. The van der Waals surface area contributed by atoms with E-state index in [0.717, 1.165) is 37.4 Å². The van der Waals surface area contributed by atoms with E-state index in [0.29, 0.717) is 18.1 Å². The minimum atomic E-state index is -0.379. The van der Waals surface area contributed by atoms with Crippen LogP contribution in [0.5, 0.6) is 5.75 Å². The second kappa shape index (κ2) is 9.75. The van der Waals surface area contributed by atoms with Gasteiger partial charge in [-0.15, -0.1) is 0 Å². The van der Waals surface area contributed by atoms with E-state index in [1.54, 1.807) is 18.2 Å². The number of likely N-dealkylation sites (tertiary alicyclic amines) is 1. The summed E-state index contributed by atoms with van der Waals surface area (Å²) in [6.45, 7) is 7.86. The molecule has 4 nitrogen and oxygen atoms in total. The number of nitrogens with zero attached hydrogens (tertiary/aromatic N) is 1. The van der Waals surface area contributed by atoms with E-state index in [1.807, 2.05) is 24.3 Å².